The summed E-state index contributed by atoms with van der Waals surface area (Å²) in [6.07, 6.45) is 82.8. The highest BCUT2D eigenvalue weighted by Gasteiger charge is 2.19. The van der Waals surface area contributed by atoms with Crippen molar-refractivity contribution in [1.29, 1.82) is 0 Å². The van der Waals surface area contributed by atoms with Crippen LogP contribution in [0.25, 0.3) is 0 Å². The summed E-state index contributed by atoms with van der Waals surface area (Å²) in [5.74, 6) is -0.987. The average molecular weight is 980 g/mol. The summed E-state index contributed by atoms with van der Waals surface area (Å²) >= 11 is 0. The molecular formula is C65H102O6. The topological polar surface area (TPSA) is 78.9 Å². The van der Waals surface area contributed by atoms with Crippen LogP contribution >= 0.6 is 0 Å². The maximum absolute atomic E-state index is 12.8. The third-order valence-corrected chi connectivity index (χ3v) is 11.3. The molecule has 0 aliphatic rings. The van der Waals surface area contributed by atoms with Crippen LogP contribution in [0.4, 0.5) is 0 Å². The molecule has 0 heterocycles. The van der Waals surface area contributed by atoms with E-state index >= 15 is 0 Å². The predicted octanol–water partition coefficient (Wildman–Crippen LogP) is 19.2. The van der Waals surface area contributed by atoms with Crippen LogP contribution < -0.4 is 0 Å². The number of esters is 3. The van der Waals surface area contributed by atoms with Crippen LogP contribution in [0, 0.1) is 0 Å². The molecule has 0 aromatic rings. The zero-order valence-corrected chi connectivity index (χ0v) is 45.4. The Bertz CT molecular complexity index is 1590. The first kappa shape index (κ1) is 66.3. The van der Waals surface area contributed by atoms with Crippen LogP contribution in [-0.4, -0.2) is 37.2 Å². The molecule has 1 atom stereocenters. The number of hydrogen-bond acceptors (Lipinski definition) is 6. The van der Waals surface area contributed by atoms with Gasteiger partial charge in [0.15, 0.2) is 6.10 Å². The fourth-order valence-corrected chi connectivity index (χ4v) is 7.15. The Morgan fingerprint density at radius 2 is 0.549 bits per heavy atom. The number of allylic oxidation sites excluding steroid dienone is 24. The molecule has 1 unspecified atom stereocenters. The van der Waals surface area contributed by atoms with Crippen molar-refractivity contribution in [2.75, 3.05) is 13.2 Å². The van der Waals surface area contributed by atoms with Crippen LogP contribution in [0.1, 0.15) is 226 Å². The molecule has 0 fully saturated rings. The summed E-state index contributed by atoms with van der Waals surface area (Å²) in [6.45, 7) is 6.32. The lowest BCUT2D eigenvalue weighted by Gasteiger charge is -2.18. The minimum Gasteiger partial charge on any atom is -0.462 e. The number of carbonyl (C=O) groups is 3. The van der Waals surface area contributed by atoms with Crippen molar-refractivity contribution in [2.45, 2.75) is 232 Å². The lowest BCUT2D eigenvalue weighted by molar-refractivity contribution is -0.167. The quantitative estimate of drug-likeness (QED) is 0.0262. The van der Waals surface area contributed by atoms with Crippen molar-refractivity contribution < 1.29 is 28.6 Å². The molecule has 0 amide bonds. The van der Waals surface area contributed by atoms with Crippen LogP contribution in [0.3, 0.4) is 0 Å². The molecule has 398 valence electrons. The first-order chi connectivity index (χ1) is 35.0. The van der Waals surface area contributed by atoms with Crippen molar-refractivity contribution in [3.8, 4) is 0 Å². The monoisotopic (exact) mass is 979 g/mol. The molecule has 6 nitrogen and oxygen atoms in total. The predicted molar refractivity (Wildman–Crippen MR) is 306 cm³/mol. The molecular weight excluding hydrogens is 877 g/mol. The van der Waals surface area contributed by atoms with Gasteiger partial charge < -0.3 is 14.2 Å². The van der Waals surface area contributed by atoms with Crippen molar-refractivity contribution in [3.05, 3.63) is 146 Å². The van der Waals surface area contributed by atoms with Gasteiger partial charge in [0.1, 0.15) is 13.2 Å². The molecule has 0 aromatic carbocycles. The van der Waals surface area contributed by atoms with Gasteiger partial charge in [0, 0.05) is 19.3 Å². The van der Waals surface area contributed by atoms with E-state index in [0.29, 0.717) is 19.3 Å². The normalized spacial score (nSPS) is 13.2. The first-order valence-electron chi connectivity index (χ1n) is 28.3. The van der Waals surface area contributed by atoms with Crippen molar-refractivity contribution in [1.82, 2.24) is 0 Å². The molecule has 0 rings (SSSR count). The molecule has 71 heavy (non-hydrogen) atoms. The Labute approximate surface area is 436 Å². The molecule has 0 aliphatic carbocycles. The molecule has 0 N–H and O–H groups in total. The summed E-state index contributed by atoms with van der Waals surface area (Å²) in [6, 6.07) is 0. The smallest absolute Gasteiger partial charge is 0.306 e. The van der Waals surface area contributed by atoms with Crippen molar-refractivity contribution in [2.24, 2.45) is 0 Å². The number of carbonyl (C=O) groups excluding carboxylic acids is 3. The third kappa shape index (κ3) is 56.1. The van der Waals surface area contributed by atoms with Gasteiger partial charge in [-0.25, -0.2) is 0 Å². The highest BCUT2D eigenvalue weighted by atomic mass is 16.6. The van der Waals surface area contributed by atoms with Gasteiger partial charge >= 0.3 is 17.9 Å². The Hall–Kier alpha value is -4.71. The van der Waals surface area contributed by atoms with Gasteiger partial charge in [-0.15, -0.1) is 0 Å². The van der Waals surface area contributed by atoms with Crippen LogP contribution in [0.5, 0.6) is 0 Å². The van der Waals surface area contributed by atoms with E-state index < -0.39 is 6.10 Å². The molecule has 0 aliphatic heterocycles. The van der Waals surface area contributed by atoms with E-state index in [-0.39, 0.29) is 37.5 Å². The molecule has 6 heteroatoms. The Balaban J connectivity index is 4.42. The molecule has 0 saturated carbocycles. The SMILES string of the molecule is CC/C=C\C/C=C\C/C=C\C/C=C\C/C=C\C/C=C\C/C=C\C/C=C\CCCCC(=O)OCC(COC(=O)CCCCCCCCCCC)OC(=O)CCCCCC/C=C\C/C=C\C/C=C\C/C=C\CC. The summed E-state index contributed by atoms with van der Waals surface area (Å²) in [7, 11) is 0. The van der Waals surface area contributed by atoms with Gasteiger partial charge in [-0.05, 0) is 122 Å². The van der Waals surface area contributed by atoms with Gasteiger partial charge in [0.25, 0.3) is 0 Å². The molecule has 0 aromatic heterocycles. The van der Waals surface area contributed by atoms with Crippen molar-refractivity contribution >= 4 is 17.9 Å². The summed E-state index contributed by atoms with van der Waals surface area (Å²) in [5.41, 5.74) is 0. The van der Waals surface area contributed by atoms with Crippen LogP contribution in [0.2, 0.25) is 0 Å². The van der Waals surface area contributed by atoms with Gasteiger partial charge in [-0.3, -0.25) is 14.4 Å². The number of hydrogen-bond donors (Lipinski definition) is 0. The standard InChI is InChI=1S/C65H102O6/c1-4-7-10-13-16-19-21-23-25-27-28-29-30-31-32-33-34-35-36-38-39-41-43-46-49-52-55-58-64(67)70-61-62(60-69-63(66)57-54-51-48-45-18-15-12-9-6-3)71-65(68)59-56-53-50-47-44-42-40-37-26-24-22-20-17-14-11-8-5-2/h7-8,10-11,16-17,19-20,23-26,28-29,31-32,34-35,38-40,42-43,46,62H,4-6,9,12-15,18,21-22,27,30,33,36-37,41,44-45,47-61H2,1-3H3/b10-7-,11-8-,19-16-,20-17-,25-23-,26-24-,29-28-,32-31-,35-34-,39-38-,42-40-,46-43-. The largest absolute Gasteiger partial charge is 0.462 e. The van der Waals surface area contributed by atoms with Gasteiger partial charge in [0.2, 0.25) is 0 Å². The second kappa shape index (κ2) is 57.9. The number of rotatable bonds is 49. The van der Waals surface area contributed by atoms with Gasteiger partial charge in [-0.1, -0.05) is 231 Å². The summed E-state index contributed by atoms with van der Waals surface area (Å²) in [5, 5.41) is 0. The molecule has 0 bridgehead atoms. The van der Waals surface area contributed by atoms with E-state index in [1.165, 1.54) is 38.5 Å². The van der Waals surface area contributed by atoms with E-state index in [4.69, 9.17) is 14.2 Å². The Kier molecular flexibility index (Phi) is 54.0. The molecule has 0 spiro atoms. The second-order valence-electron chi connectivity index (χ2n) is 18.1. The third-order valence-electron chi connectivity index (χ3n) is 11.3. The second-order valence-corrected chi connectivity index (χ2v) is 18.1. The first-order valence-corrected chi connectivity index (χ1v) is 28.3. The maximum Gasteiger partial charge on any atom is 0.306 e. The maximum atomic E-state index is 12.8. The fourth-order valence-electron chi connectivity index (χ4n) is 7.15. The zero-order valence-electron chi connectivity index (χ0n) is 45.4. The van der Waals surface area contributed by atoms with E-state index in [0.717, 1.165) is 141 Å². The number of unbranched alkanes of at least 4 members (excludes halogenated alkanes) is 14. The van der Waals surface area contributed by atoms with E-state index in [1.54, 1.807) is 0 Å². The summed E-state index contributed by atoms with van der Waals surface area (Å²) in [4.78, 5) is 38.0. The summed E-state index contributed by atoms with van der Waals surface area (Å²) < 4.78 is 16.7. The minimum absolute atomic E-state index is 0.106. The Morgan fingerprint density at radius 1 is 0.296 bits per heavy atom. The minimum atomic E-state index is -0.813. The molecule has 0 saturated heterocycles. The fraction of sp³-hybridized carbons (Fsp3) is 0.585. The van der Waals surface area contributed by atoms with Gasteiger partial charge in [-0.2, -0.15) is 0 Å². The van der Waals surface area contributed by atoms with E-state index in [1.807, 2.05) is 0 Å². The van der Waals surface area contributed by atoms with Crippen LogP contribution in [0.15, 0.2) is 146 Å². The number of ether oxygens (including phenoxy) is 3. The zero-order chi connectivity index (χ0) is 51.4. The Morgan fingerprint density at radius 3 is 0.887 bits per heavy atom. The van der Waals surface area contributed by atoms with E-state index in [9.17, 15) is 14.4 Å². The highest BCUT2D eigenvalue weighted by molar-refractivity contribution is 5.71. The average Bonchev–Trinajstić information content (AvgIpc) is 3.37. The molecule has 0 radical (unpaired) electrons. The van der Waals surface area contributed by atoms with E-state index in [2.05, 4.69) is 167 Å². The van der Waals surface area contributed by atoms with Crippen molar-refractivity contribution in [3.63, 3.8) is 0 Å². The lowest BCUT2D eigenvalue weighted by atomic mass is 10.1. The lowest BCUT2D eigenvalue weighted by Crippen LogP contribution is -2.30. The van der Waals surface area contributed by atoms with Crippen LogP contribution in [-0.2, 0) is 28.6 Å². The highest BCUT2D eigenvalue weighted by Crippen LogP contribution is 2.13. The van der Waals surface area contributed by atoms with Gasteiger partial charge in [0.05, 0.1) is 0 Å².